The molecule has 1 heterocycles. The first-order chi connectivity index (χ1) is 12.6. The van der Waals surface area contributed by atoms with Crippen LogP contribution < -0.4 is 10.6 Å². The first-order valence-electron chi connectivity index (χ1n) is 9.17. The summed E-state index contributed by atoms with van der Waals surface area (Å²) in [7, 11) is 1.36. The molecule has 1 aliphatic carbocycles. The lowest BCUT2D eigenvalue weighted by Gasteiger charge is -2.09. The molecule has 1 saturated carbocycles. The molecule has 7 nitrogen and oxygen atoms in total. The number of alkyl carbamates (subject to hydrolysis) is 1. The van der Waals surface area contributed by atoms with Gasteiger partial charge in [-0.3, -0.25) is 0 Å². The Morgan fingerprint density at radius 2 is 2.15 bits per heavy atom. The Bertz CT molecular complexity index is 754. The summed E-state index contributed by atoms with van der Waals surface area (Å²) in [5, 5.41) is 11.0. The Kier molecular flexibility index (Phi) is 5.88. The molecule has 0 unspecified atom stereocenters. The van der Waals surface area contributed by atoms with Crippen LogP contribution in [0.3, 0.4) is 0 Å². The second kappa shape index (κ2) is 8.31. The van der Waals surface area contributed by atoms with Crippen LogP contribution in [0.5, 0.6) is 0 Å². The summed E-state index contributed by atoms with van der Waals surface area (Å²) >= 11 is 0. The number of methoxy groups -OCH3 is 1. The van der Waals surface area contributed by atoms with Crippen molar-refractivity contribution in [3.8, 4) is 11.4 Å². The molecule has 2 N–H and O–H groups in total. The average Bonchev–Trinajstić information content (AvgIpc) is 3.35. The summed E-state index contributed by atoms with van der Waals surface area (Å²) in [6.45, 7) is 5.40. The normalized spacial score (nSPS) is 14.9. The van der Waals surface area contributed by atoms with Crippen molar-refractivity contribution in [3.63, 3.8) is 0 Å². The third-order valence-electron chi connectivity index (χ3n) is 4.53. The van der Waals surface area contributed by atoms with Gasteiger partial charge in [0.1, 0.15) is 0 Å². The highest BCUT2D eigenvalue weighted by Crippen LogP contribution is 2.26. The smallest absolute Gasteiger partial charge is 0.406 e. The molecule has 1 aliphatic rings. The minimum Gasteiger partial charge on any atom is -0.453 e. The number of hydrogen-bond donors (Lipinski definition) is 2. The molecule has 0 radical (unpaired) electrons. The fourth-order valence-electron chi connectivity index (χ4n) is 2.89. The van der Waals surface area contributed by atoms with Gasteiger partial charge >= 0.3 is 6.09 Å². The average molecular weight is 357 g/mol. The van der Waals surface area contributed by atoms with E-state index in [0.717, 1.165) is 23.6 Å². The third-order valence-corrected chi connectivity index (χ3v) is 4.53. The molecule has 3 rings (SSSR count). The summed E-state index contributed by atoms with van der Waals surface area (Å²) in [6, 6.07) is 8.93. The number of nitrogens with zero attached hydrogens (tertiary/aromatic N) is 3. The fraction of sp³-hybridized carbons (Fsp3) is 0.526. The van der Waals surface area contributed by atoms with Crippen molar-refractivity contribution < 1.29 is 9.53 Å². The maximum Gasteiger partial charge on any atom is 0.406 e. The van der Waals surface area contributed by atoms with Crippen LogP contribution in [0.25, 0.3) is 11.4 Å². The zero-order valence-corrected chi connectivity index (χ0v) is 15.7. The lowest BCUT2D eigenvalue weighted by atomic mass is 10.1. The molecule has 0 aliphatic heterocycles. The number of carbonyl (C=O) groups excluding carboxylic acids is 1. The summed E-state index contributed by atoms with van der Waals surface area (Å²) in [4.78, 5) is 16.0. The van der Waals surface area contributed by atoms with Crippen LogP contribution in [0.15, 0.2) is 24.3 Å². The second-order valence-corrected chi connectivity index (χ2v) is 6.77. The highest BCUT2D eigenvalue weighted by atomic mass is 16.5. The van der Waals surface area contributed by atoms with Crippen molar-refractivity contribution in [3.05, 3.63) is 35.7 Å². The molecule has 7 heteroatoms. The zero-order valence-electron chi connectivity index (χ0n) is 15.7. The maximum absolute atomic E-state index is 11.2. The molecular weight excluding hydrogens is 330 g/mol. The number of ether oxygens (including phenoxy) is 1. The Balaban J connectivity index is 1.77. The summed E-state index contributed by atoms with van der Waals surface area (Å²) in [5.74, 6) is 1.69. The molecule has 0 spiro atoms. The van der Waals surface area contributed by atoms with Gasteiger partial charge in [-0.1, -0.05) is 24.3 Å². The van der Waals surface area contributed by atoms with Gasteiger partial charge in [0.25, 0.3) is 0 Å². The van der Waals surface area contributed by atoms with E-state index in [9.17, 15) is 4.79 Å². The maximum atomic E-state index is 11.2. The van der Waals surface area contributed by atoms with Crippen molar-refractivity contribution in [2.24, 2.45) is 0 Å². The van der Waals surface area contributed by atoms with Gasteiger partial charge < -0.3 is 15.4 Å². The van der Waals surface area contributed by atoms with Crippen LogP contribution in [0.4, 0.5) is 4.79 Å². The van der Waals surface area contributed by atoms with E-state index >= 15 is 0 Å². The monoisotopic (exact) mass is 357 g/mol. The number of carbonyl (C=O) groups is 1. The van der Waals surface area contributed by atoms with Crippen molar-refractivity contribution >= 4 is 6.09 Å². The van der Waals surface area contributed by atoms with E-state index < -0.39 is 6.09 Å². The van der Waals surface area contributed by atoms with Crippen LogP contribution >= 0.6 is 0 Å². The van der Waals surface area contributed by atoms with Crippen molar-refractivity contribution in [2.75, 3.05) is 13.7 Å². The molecule has 0 bridgehead atoms. The van der Waals surface area contributed by atoms with Gasteiger partial charge in [-0.2, -0.15) is 5.10 Å². The van der Waals surface area contributed by atoms with Crippen molar-refractivity contribution in [1.82, 2.24) is 25.4 Å². The Morgan fingerprint density at radius 1 is 1.38 bits per heavy atom. The molecule has 1 aromatic carbocycles. The SMILES string of the molecule is COC(=O)NCCCn1nc([C@@H](C)NC2CC2)nc1-c1ccccc1C. The van der Waals surface area contributed by atoms with Crippen LogP contribution in [-0.4, -0.2) is 40.6 Å². The third kappa shape index (κ3) is 4.60. The molecule has 1 fully saturated rings. The van der Waals surface area contributed by atoms with Gasteiger partial charge in [0.2, 0.25) is 0 Å². The van der Waals surface area contributed by atoms with E-state index in [1.807, 2.05) is 16.8 Å². The van der Waals surface area contributed by atoms with Gasteiger partial charge in [0, 0.05) is 24.7 Å². The Hall–Kier alpha value is -2.41. The van der Waals surface area contributed by atoms with Gasteiger partial charge in [0.15, 0.2) is 11.6 Å². The molecule has 1 atom stereocenters. The summed E-state index contributed by atoms with van der Waals surface area (Å²) < 4.78 is 6.54. The van der Waals surface area contributed by atoms with Crippen LogP contribution in [-0.2, 0) is 11.3 Å². The van der Waals surface area contributed by atoms with Crippen LogP contribution in [0.2, 0.25) is 0 Å². The number of amides is 1. The minimum absolute atomic E-state index is 0.125. The Labute approximate surface area is 154 Å². The first kappa shape index (κ1) is 18.4. The predicted molar refractivity (Wildman–Crippen MR) is 99.8 cm³/mol. The van der Waals surface area contributed by atoms with E-state index in [2.05, 4.69) is 41.4 Å². The van der Waals surface area contributed by atoms with Gasteiger partial charge in [0.05, 0.1) is 13.2 Å². The number of nitrogens with one attached hydrogen (secondary N) is 2. The molecular formula is C19H27N5O2. The van der Waals surface area contributed by atoms with Crippen LogP contribution in [0.1, 0.15) is 43.6 Å². The van der Waals surface area contributed by atoms with E-state index in [0.29, 0.717) is 19.1 Å². The van der Waals surface area contributed by atoms with Crippen molar-refractivity contribution in [2.45, 2.75) is 51.7 Å². The molecule has 2 aromatic rings. The fourth-order valence-corrected chi connectivity index (χ4v) is 2.89. The largest absolute Gasteiger partial charge is 0.453 e. The quantitative estimate of drug-likeness (QED) is 0.710. The molecule has 1 amide bonds. The number of hydrogen-bond acceptors (Lipinski definition) is 5. The molecule has 0 saturated heterocycles. The summed E-state index contributed by atoms with van der Waals surface area (Å²) in [5.41, 5.74) is 2.26. The lowest BCUT2D eigenvalue weighted by Crippen LogP contribution is -2.25. The van der Waals surface area contributed by atoms with Crippen LogP contribution in [0, 0.1) is 6.92 Å². The molecule has 140 valence electrons. The van der Waals surface area contributed by atoms with E-state index in [1.54, 1.807) is 0 Å². The first-order valence-corrected chi connectivity index (χ1v) is 9.17. The van der Waals surface area contributed by atoms with E-state index in [4.69, 9.17) is 10.1 Å². The van der Waals surface area contributed by atoms with E-state index in [-0.39, 0.29) is 6.04 Å². The van der Waals surface area contributed by atoms with E-state index in [1.165, 1.54) is 25.5 Å². The van der Waals surface area contributed by atoms with Gasteiger partial charge in [-0.25, -0.2) is 14.5 Å². The minimum atomic E-state index is -0.411. The molecule has 1 aromatic heterocycles. The number of aromatic nitrogens is 3. The number of aryl methyl sites for hydroxylation is 2. The van der Waals surface area contributed by atoms with Gasteiger partial charge in [-0.05, 0) is 38.7 Å². The lowest BCUT2D eigenvalue weighted by molar-refractivity contribution is 0.170. The zero-order chi connectivity index (χ0) is 18.5. The molecule has 26 heavy (non-hydrogen) atoms. The van der Waals surface area contributed by atoms with Gasteiger partial charge in [-0.15, -0.1) is 0 Å². The second-order valence-electron chi connectivity index (χ2n) is 6.77. The highest BCUT2D eigenvalue weighted by molar-refractivity contribution is 5.66. The Morgan fingerprint density at radius 3 is 2.85 bits per heavy atom. The number of benzene rings is 1. The predicted octanol–water partition coefficient (Wildman–Crippen LogP) is 2.81. The topological polar surface area (TPSA) is 81.1 Å². The highest BCUT2D eigenvalue weighted by Gasteiger charge is 2.26. The standard InChI is InChI=1S/C19H27N5O2/c1-13-7-4-5-8-16(13)18-22-17(14(2)21-15-9-10-15)23-24(18)12-6-11-20-19(25)26-3/h4-5,7-8,14-15,21H,6,9-12H2,1-3H3,(H,20,25)/t14-/m1/s1. The van der Waals surface area contributed by atoms with Crippen molar-refractivity contribution in [1.29, 1.82) is 0 Å². The number of rotatable bonds is 8. The summed E-state index contributed by atoms with van der Waals surface area (Å²) in [6.07, 6.45) is 2.80.